The van der Waals surface area contributed by atoms with Crippen LogP contribution < -0.4 is 0 Å². The van der Waals surface area contributed by atoms with Crippen molar-refractivity contribution in [3.8, 4) is 0 Å². The minimum absolute atomic E-state index is 0.438. The van der Waals surface area contributed by atoms with E-state index in [1.54, 1.807) is 27.2 Å². The van der Waals surface area contributed by atoms with E-state index >= 15 is 0 Å². The van der Waals surface area contributed by atoms with Crippen LogP contribution in [0.5, 0.6) is 0 Å². The van der Waals surface area contributed by atoms with E-state index in [0.717, 1.165) is 13.0 Å². The van der Waals surface area contributed by atoms with Crippen molar-refractivity contribution in [1.82, 2.24) is 0 Å². The second-order valence-electron chi connectivity index (χ2n) is 12.6. The van der Waals surface area contributed by atoms with Gasteiger partial charge in [0.25, 0.3) is 5.97 Å². The number of carbonyl (C=O) groups is 1. The minimum Gasteiger partial charge on any atom is -0.481 e. The number of hydrogen-bond donors (Lipinski definition) is 1. The van der Waals surface area contributed by atoms with Crippen LogP contribution >= 0.6 is 15.0 Å². The van der Waals surface area contributed by atoms with Crippen molar-refractivity contribution >= 4 is 54.4 Å². The van der Waals surface area contributed by atoms with Gasteiger partial charge in [-0.1, -0.05) is 26.2 Å². The highest BCUT2D eigenvalue weighted by Gasteiger charge is 2.39. The molecule has 0 atom stereocenters. The summed E-state index contributed by atoms with van der Waals surface area (Å²) < 4.78 is 49.8. The first kappa shape index (κ1) is 46.6. The third-order valence-corrected chi connectivity index (χ3v) is 18.5. The first-order chi connectivity index (χ1) is 17.0. The Hall–Kier alpha value is 0.598. The molecule has 0 aromatic rings. The highest BCUT2D eigenvalue weighted by atomic mass is 31.2. The zero-order valence-corrected chi connectivity index (χ0v) is 34.1. The van der Waals surface area contributed by atoms with Crippen LogP contribution in [-0.2, 0) is 35.4 Å². The SMILES string of the molecule is CC(=O)O.CCCCC[Si](C)(O[Si](C)(C)C)O[Si](C)(C)C.CCOP(C)(=O)OCC.C[Si](C)(C)OP(C)(C)=O. The number of carboxylic acid groups (broad SMARTS) is 1. The van der Waals surface area contributed by atoms with Crippen LogP contribution in [0.15, 0.2) is 0 Å². The molecule has 15 heteroatoms. The van der Waals surface area contributed by atoms with E-state index < -0.39 is 54.4 Å². The number of aliphatic carboxylic acids is 1. The van der Waals surface area contributed by atoms with E-state index in [1.807, 2.05) is 19.6 Å². The van der Waals surface area contributed by atoms with Gasteiger partial charge < -0.3 is 26.6 Å². The third kappa shape index (κ3) is 48.7. The Kier molecular flexibility index (Phi) is 25.4. The zero-order chi connectivity index (χ0) is 32.4. The average molecular weight is 671 g/mol. The van der Waals surface area contributed by atoms with Crippen molar-refractivity contribution in [2.24, 2.45) is 0 Å². The van der Waals surface area contributed by atoms with Gasteiger partial charge in [-0.15, -0.1) is 0 Å². The predicted molar refractivity (Wildman–Crippen MR) is 179 cm³/mol. The van der Waals surface area contributed by atoms with Gasteiger partial charge in [-0.2, -0.15) is 0 Å². The number of unbranched alkanes of at least 4 members (excludes halogenated alkanes) is 2. The molecule has 0 radical (unpaired) electrons. The minimum atomic E-state index is -2.69. The molecule has 39 heavy (non-hydrogen) atoms. The lowest BCUT2D eigenvalue weighted by Gasteiger charge is -2.38. The van der Waals surface area contributed by atoms with Crippen molar-refractivity contribution in [2.45, 2.75) is 118 Å². The summed E-state index contributed by atoms with van der Waals surface area (Å²) in [5, 5.41) is 7.42. The van der Waals surface area contributed by atoms with E-state index in [-0.39, 0.29) is 0 Å². The molecule has 0 aromatic heterocycles. The number of hydrogen-bond acceptors (Lipinski definition) is 8. The van der Waals surface area contributed by atoms with Gasteiger partial charge in [0.1, 0.15) is 0 Å². The fourth-order valence-electron chi connectivity index (χ4n) is 3.28. The molecule has 0 fully saturated rings. The fraction of sp³-hybridized carbons (Fsp3) is 0.958. The summed E-state index contributed by atoms with van der Waals surface area (Å²) in [5.74, 6) is -0.833. The lowest BCUT2D eigenvalue weighted by atomic mass is 10.3. The molecule has 9 nitrogen and oxygen atoms in total. The molecular weight excluding hydrogens is 607 g/mol. The van der Waals surface area contributed by atoms with Gasteiger partial charge in [0, 0.05) is 26.9 Å². The van der Waals surface area contributed by atoms with Crippen molar-refractivity contribution in [1.29, 1.82) is 0 Å². The summed E-state index contributed by atoms with van der Waals surface area (Å²) in [6.07, 6.45) is 3.82. The highest BCUT2D eigenvalue weighted by molar-refractivity contribution is 7.58. The highest BCUT2D eigenvalue weighted by Crippen LogP contribution is 2.43. The summed E-state index contributed by atoms with van der Waals surface area (Å²) in [6, 6.07) is 1.16. The summed E-state index contributed by atoms with van der Waals surface area (Å²) in [5.41, 5.74) is 0. The Labute approximate surface area is 246 Å². The maximum Gasteiger partial charge on any atom is 0.327 e. The van der Waals surface area contributed by atoms with E-state index in [4.69, 9.17) is 31.4 Å². The van der Waals surface area contributed by atoms with Crippen LogP contribution in [0.1, 0.15) is 47.0 Å². The van der Waals surface area contributed by atoms with Crippen LogP contribution in [0.2, 0.25) is 71.5 Å². The van der Waals surface area contributed by atoms with Crippen molar-refractivity contribution in [3.63, 3.8) is 0 Å². The monoisotopic (exact) mass is 670 g/mol. The van der Waals surface area contributed by atoms with Gasteiger partial charge in [0.05, 0.1) is 13.2 Å². The topological polar surface area (TPSA) is 118 Å². The molecule has 0 rings (SSSR count). The molecule has 0 bridgehead atoms. The standard InChI is InChI=1S/C12H32O2Si3.C5H13O3P.C5H15O2PSi.C2H4O2/c1-9-10-11-12-17(8,13-15(2,3)4)14-16(5,6)7;1-4-7-9(3,6)8-5-2;1-8(2,6)7-9(3,4)5;1-2(3)4/h9-12H2,1-8H3;4-5H2,1-3H3;1-5H3;1H3,(H,3,4). The van der Waals surface area contributed by atoms with E-state index in [9.17, 15) is 9.13 Å². The molecule has 240 valence electrons. The first-order valence-electron chi connectivity index (χ1n) is 13.8. The van der Waals surface area contributed by atoms with E-state index in [1.165, 1.54) is 25.9 Å². The van der Waals surface area contributed by atoms with Gasteiger partial charge in [0.15, 0.2) is 32.3 Å². The number of carboxylic acids is 1. The molecule has 1 N–H and O–H groups in total. The number of rotatable bonds is 14. The first-order valence-corrected chi connectivity index (χ1v) is 31.0. The lowest BCUT2D eigenvalue weighted by Crippen LogP contribution is -2.52. The van der Waals surface area contributed by atoms with Crippen molar-refractivity contribution < 1.29 is 40.5 Å². The second kappa shape index (κ2) is 21.3. The molecule has 0 heterocycles. The fourth-order valence-corrected chi connectivity index (χ4v) is 22.2. The lowest BCUT2D eigenvalue weighted by molar-refractivity contribution is -0.134. The molecule has 0 amide bonds. The summed E-state index contributed by atoms with van der Waals surface area (Å²) in [7, 11) is -11.4. The average Bonchev–Trinajstić information content (AvgIpc) is 2.55. The molecule has 0 aromatic carbocycles. The third-order valence-electron chi connectivity index (χ3n) is 3.50. The quantitative estimate of drug-likeness (QED) is 0.110. The molecular formula is C24H64O9P2Si4. The van der Waals surface area contributed by atoms with Gasteiger partial charge in [-0.05, 0) is 85.4 Å². The zero-order valence-electron chi connectivity index (χ0n) is 28.4. The normalized spacial score (nSPS) is 12.7. The largest absolute Gasteiger partial charge is 0.481 e. The van der Waals surface area contributed by atoms with Crippen LogP contribution in [0.4, 0.5) is 0 Å². The van der Waals surface area contributed by atoms with E-state index in [2.05, 4.69) is 52.8 Å². The van der Waals surface area contributed by atoms with Crippen LogP contribution in [-0.4, -0.2) is 77.8 Å². The van der Waals surface area contributed by atoms with Crippen molar-refractivity contribution in [2.75, 3.05) is 33.2 Å². The van der Waals surface area contributed by atoms with Crippen LogP contribution in [0, 0.1) is 0 Å². The second-order valence-corrected chi connectivity index (χ2v) is 35.0. The van der Waals surface area contributed by atoms with E-state index in [0.29, 0.717) is 13.2 Å². The maximum atomic E-state index is 11.0. The maximum absolute atomic E-state index is 11.0. The Morgan fingerprint density at radius 1 is 0.692 bits per heavy atom. The van der Waals surface area contributed by atoms with Gasteiger partial charge in [-0.25, -0.2) is 0 Å². The van der Waals surface area contributed by atoms with Gasteiger partial charge in [-0.3, -0.25) is 13.9 Å². The van der Waals surface area contributed by atoms with Gasteiger partial charge in [0.2, 0.25) is 0 Å². The van der Waals surface area contributed by atoms with Crippen LogP contribution in [0.3, 0.4) is 0 Å². The molecule has 0 saturated carbocycles. The molecule has 0 unspecified atom stereocenters. The molecule has 0 spiro atoms. The smallest absolute Gasteiger partial charge is 0.327 e. The Balaban J connectivity index is -0.000000236. The molecule has 0 aliphatic rings. The Bertz CT molecular complexity index is 699. The van der Waals surface area contributed by atoms with Crippen molar-refractivity contribution in [3.05, 3.63) is 0 Å². The Morgan fingerprint density at radius 3 is 1.21 bits per heavy atom. The predicted octanol–water partition coefficient (Wildman–Crippen LogP) is 9.30. The summed E-state index contributed by atoms with van der Waals surface area (Å²) in [4.78, 5) is 9.00. The Morgan fingerprint density at radius 2 is 1.03 bits per heavy atom. The molecule has 0 aliphatic heterocycles. The van der Waals surface area contributed by atoms with Crippen LogP contribution in [0.25, 0.3) is 0 Å². The molecule has 0 saturated heterocycles. The molecule has 0 aliphatic carbocycles. The summed E-state index contributed by atoms with van der Waals surface area (Å²) in [6.45, 7) is 34.6. The summed E-state index contributed by atoms with van der Waals surface area (Å²) >= 11 is 0. The van der Waals surface area contributed by atoms with Gasteiger partial charge >= 0.3 is 16.2 Å².